The highest BCUT2D eigenvalue weighted by molar-refractivity contribution is 7.52. The van der Waals surface area contributed by atoms with Crippen LogP contribution in [0.3, 0.4) is 0 Å². The summed E-state index contributed by atoms with van der Waals surface area (Å²) >= 11 is 0. The smallest absolute Gasteiger partial charge is 0.451 e. The van der Waals surface area contributed by atoms with Crippen LogP contribution in [0.4, 0.5) is 4.39 Å². The van der Waals surface area contributed by atoms with E-state index in [1.807, 2.05) is 0 Å². The fraction of sp³-hybridized carbons (Fsp3) is 0.435. The molecule has 1 aromatic rings. The molecule has 1 aromatic carbocycles. The quantitative estimate of drug-likeness (QED) is 0.200. The highest BCUT2D eigenvalue weighted by Crippen LogP contribution is 2.46. The number of hydrogen-bond acceptors (Lipinski definition) is 9. The summed E-state index contributed by atoms with van der Waals surface area (Å²) in [4.78, 5) is 36.7. The molecule has 1 fully saturated rings. The number of nitrogens with zero attached hydrogens (tertiary/aromatic N) is 1. The minimum atomic E-state index is -4.33. The Labute approximate surface area is 207 Å². The van der Waals surface area contributed by atoms with E-state index in [2.05, 4.69) is 11.0 Å². The van der Waals surface area contributed by atoms with Crippen LogP contribution in [-0.2, 0) is 32.9 Å². The van der Waals surface area contributed by atoms with Crippen LogP contribution in [0.2, 0.25) is 0 Å². The van der Waals surface area contributed by atoms with E-state index >= 15 is 4.39 Å². The molecule has 0 aliphatic carbocycles. The van der Waals surface area contributed by atoms with Gasteiger partial charge in [-0.1, -0.05) is 24.1 Å². The third-order valence-electron chi connectivity index (χ3n) is 5.38. The minimum absolute atomic E-state index is 0.132. The van der Waals surface area contributed by atoms with Crippen LogP contribution in [0, 0.1) is 12.3 Å². The van der Waals surface area contributed by atoms with E-state index in [4.69, 9.17) is 24.9 Å². The zero-order chi connectivity index (χ0) is 26.5. The van der Waals surface area contributed by atoms with Crippen molar-refractivity contribution in [3.63, 3.8) is 0 Å². The van der Waals surface area contributed by atoms with Gasteiger partial charge in [-0.3, -0.25) is 23.8 Å². The molecule has 0 saturated carbocycles. The normalized spacial score (nSPS) is 28.3. The number of rotatable bonds is 10. The van der Waals surface area contributed by atoms with Crippen molar-refractivity contribution in [2.24, 2.45) is 0 Å². The van der Waals surface area contributed by atoms with Gasteiger partial charge in [-0.25, -0.2) is 8.96 Å². The van der Waals surface area contributed by atoms with Gasteiger partial charge in [0.25, 0.3) is 0 Å². The van der Waals surface area contributed by atoms with Crippen LogP contribution >= 0.6 is 7.75 Å². The highest BCUT2D eigenvalue weighted by Gasteiger charge is 2.57. The molecule has 11 nitrogen and oxygen atoms in total. The molecule has 1 amide bonds. The molecule has 0 bridgehead atoms. The molecule has 36 heavy (non-hydrogen) atoms. The third-order valence-corrected chi connectivity index (χ3v) is 7.03. The summed E-state index contributed by atoms with van der Waals surface area (Å²) in [5, 5.41) is 13.0. The lowest BCUT2D eigenvalue weighted by Gasteiger charge is -2.32. The van der Waals surface area contributed by atoms with Gasteiger partial charge in [0.15, 0.2) is 24.3 Å². The van der Waals surface area contributed by atoms with Crippen LogP contribution in [-0.4, -0.2) is 71.0 Å². The summed E-state index contributed by atoms with van der Waals surface area (Å²) in [6.07, 6.45) is 2.03. The van der Waals surface area contributed by atoms with Gasteiger partial charge in [-0.2, -0.15) is 5.09 Å². The molecule has 3 rings (SSSR count). The van der Waals surface area contributed by atoms with Crippen LogP contribution in [0.5, 0.6) is 5.75 Å². The van der Waals surface area contributed by atoms with E-state index in [0.29, 0.717) is 0 Å². The summed E-state index contributed by atoms with van der Waals surface area (Å²) < 4.78 is 50.2. The average molecular weight is 524 g/mol. The van der Waals surface area contributed by atoms with Crippen LogP contribution in [0.15, 0.2) is 42.6 Å². The molecule has 0 spiro atoms. The number of benzene rings is 1. The van der Waals surface area contributed by atoms with Gasteiger partial charge in [0.2, 0.25) is 5.91 Å². The molecule has 0 unspecified atom stereocenters. The third kappa shape index (κ3) is 6.37. The molecular formula is C23H26FN2O9P. The Morgan fingerprint density at radius 3 is 2.75 bits per heavy atom. The van der Waals surface area contributed by atoms with Crippen molar-refractivity contribution >= 4 is 25.4 Å². The molecule has 2 heterocycles. The summed E-state index contributed by atoms with van der Waals surface area (Å²) in [5.74, 6) is 0.286. The van der Waals surface area contributed by atoms with E-state index < -0.39 is 68.6 Å². The number of aliphatic hydroxyl groups excluding tert-OH is 1. The molecule has 1 saturated heterocycles. The number of nitrogens with one attached hydrogen (secondary N) is 1. The van der Waals surface area contributed by atoms with Gasteiger partial charge in [-0.05, 0) is 32.1 Å². The lowest BCUT2D eigenvalue weighted by Crippen LogP contribution is -2.51. The SMILES string of the molecule is C#CCOC(=O)[C@H](C)N[P@](=O)(OC[C@H]1O[C@@H](N2C=CC(=O)CC2=O)[C@](C)(F)[C@@H]1O)Oc1ccccc1. The van der Waals surface area contributed by atoms with Crippen molar-refractivity contribution in [2.75, 3.05) is 13.2 Å². The zero-order valence-corrected chi connectivity index (χ0v) is 20.4. The first-order chi connectivity index (χ1) is 17.0. The maximum Gasteiger partial charge on any atom is 0.459 e. The number of esters is 1. The standard InChI is InChI=1S/C23H26FN2O9P/c1-4-12-32-21(30)15(2)25-36(31,35-17-8-6-5-7-9-17)33-14-18-20(29)23(3,24)22(34-18)26-11-10-16(27)13-19(26)28/h1,5-11,15,18,20,22,29H,12-14H2,2-3H3,(H,25,31)/t15-,18+,20+,22+,23+,36-/m0/s1. The van der Waals surface area contributed by atoms with Crippen LogP contribution in [0.25, 0.3) is 0 Å². The van der Waals surface area contributed by atoms with Gasteiger partial charge < -0.3 is 19.1 Å². The molecule has 194 valence electrons. The molecule has 0 aromatic heterocycles. The number of para-hydroxylation sites is 1. The Morgan fingerprint density at radius 2 is 2.11 bits per heavy atom. The average Bonchev–Trinajstić information content (AvgIpc) is 3.05. The van der Waals surface area contributed by atoms with Gasteiger partial charge in [-0.15, -0.1) is 6.42 Å². The maximum absolute atomic E-state index is 15.4. The molecule has 13 heteroatoms. The van der Waals surface area contributed by atoms with E-state index in [0.717, 1.165) is 24.1 Å². The van der Waals surface area contributed by atoms with Crippen LogP contribution < -0.4 is 9.61 Å². The number of ether oxygens (including phenoxy) is 2. The minimum Gasteiger partial charge on any atom is -0.451 e. The predicted octanol–water partition coefficient (Wildman–Crippen LogP) is 1.47. The second-order valence-electron chi connectivity index (χ2n) is 8.24. The number of aliphatic hydroxyl groups is 1. The van der Waals surface area contributed by atoms with Crippen LogP contribution in [0.1, 0.15) is 20.3 Å². The Hall–Kier alpha value is -3.07. The number of allylic oxidation sites excluding steroid dienone is 1. The van der Waals surface area contributed by atoms with E-state index in [1.54, 1.807) is 18.2 Å². The van der Waals surface area contributed by atoms with Gasteiger partial charge in [0.05, 0.1) is 13.0 Å². The molecule has 6 atom stereocenters. The summed E-state index contributed by atoms with van der Waals surface area (Å²) in [5.41, 5.74) is -2.46. The number of terminal acetylenes is 1. The second-order valence-corrected chi connectivity index (χ2v) is 9.94. The topological polar surface area (TPSA) is 141 Å². The molecule has 2 aliphatic rings. The first-order valence-corrected chi connectivity index (χ1v) is 12.4. The van der Waals surface area contributed by atoms with E-state index in [9.17, 15) is 24.1 Å². The number of ketones is 1. The molecular weight excluding hydrogens is 498 g/mol. The fourth-order valence-corrected chi connectivity index (χ4v) is 5.02. The number of carbonyl (C=O) groups excluding carboxylic acids is 3. The summed E-state index contributed by atoms with van der Waals surface area (Å²) in [7, 11) is -4.33. The first-order valence-electron chi connectivity index (χ1n) is 10.9. The second kappa shape index (κ2) is 11.3. The van der Waals surface area contributed by atoms with Crippen molar-refractivity contribution in [1.29, 1.82) is 0 Å². The molecule has 2 aliphatic heterocycles. The van der Waals surface area contributed by atoms with Gasteiger partial charge in [0, 0.05) is 6.20 Å². The monoisotopic (exact) mass is 524 g/mol. The Morgan fingerprint density at radius 1 is 1.42 bits per heavy atom. The van der Waals surface area contributed by atoms with Crippen molar-refractivity contribution in [2.45, 2.75) is 50.4 Å². The Bertz CT molecular complexity index is 1100. The number of halogens is 1. The maximum atomic E-state index is 15.4. The summed E-state index contributed by atoms with van der Waals surface area (Å²) in [6, 6.07) is 6.72. The number of amides is 1. The predicted molar refractivity (Wildman–Crippen MR) is 123 cm³/mol. The van der Waals surface area contributed by atoms with Gasteiger partial charge in [0.1, 0.15) is 24.0 Å². The van der Waals surface area contributed by atoms with Crippen molar-refractivity contribution in [3.8, 4) is 18.1 Å². The number of hydrogen-bond donors (Lipinski definition) is 2. The Kier molecular flexibility index (Phi) is 8.66. The summed E-state index contributed by atoms with van der Waals surface area (Å²) in [6.45, 7) is 1.42. The van der Waals surface area contributed by atoms with E-state index in [-0.39, 0.29) is 12.4 Å². The lowest BCUT2D eigenvalue weighted by atomic mass is 9.97. The lowest BCUT2D eigenvalue weighted by molar-refractivity contribution is -0.150. The zero-order valence-electron chi connectivity index (χ0n) is 19.5. The molecule has 2 N–H and O–H groups in total. The number of alkyl halides is 1. The number of carbonyl (C=O) groups is 3. The Balaban J connectivity index is 1.75. The fourth-order valence-electron chi connectivity index (χ4n) is 3.51. The first kappa shape index (κ1) is 27.5. The van der Waals surface area contributed by atoms with Crippen molar-refractivity contribution in [3.05, 3.63) is 42.6 Å². The highest BCUT2D eigenvalue weighted by atomic mass is 31.2. The largest absolute Gasteiger partial charge is 0.459 e. The molecule has 0 radical (unpaired) electrons. The van der Waals surface area contributed by atoms with Crippen molar-refractivity contribution in [1.82, 2.24) is 9.99 Å². The van der Waals surface area contributed by atoms with Gasteiger partial charge >= 0.3 is 13.7 Å². The van der Waals surface area contributed by atoms with E-state index in [1.165, 1.54) is 19.1 Å². The van der Waals surface area contributed by atoms with Crippen molar-refractivity contribution < 1.29 is 47.0 Å².